The molecule has 0 fully saturated rings. The first-order valence-electron chi connectivity index (χ1n) is 5.48. The summed E-state index contributed by atoms with van der Waals surface area (Å²) in [5, 5.41) is 7.62. The van der Waals surface area contributed by atoms with Crippen LogP contribution in [0.2, 0.25) is 0 Å². The SMILES string of the molecule is CC(NCc1ncn(C)n1)c1ccc(Br)cc1. The van der Waals surface area contributed by atoms with Crippen LogP contribution < -0.4 is 5.32 Å². The molecule has 90 valence electrons. The minimum Gasteiger partial charge on any atom is -0.303 e. The number of hydrogen-bond acceptors (Lipinski definition) is 3. The molecule has 2 rings (SSSR count). The minimum absolute atomic E-state index is 0.284. The van der Waals surface area contributed by atoms with E-state index in [0.29, 0.717) is 6.54 Å². The van der Waals surface area contributed by atoms with Crippen molar-refractivity contribution in [2.45, 2.75) is 19.5 Å². The van der Waals surface area contributed by atoms with Crippen LogP contribution in [0.15, 0.2) is 35.1 Å². The normalized spacial score (nSPS) is 12.6. The molecule has 1 aromatic carbocycles. The molecule has 0 aliphatic rings. The van der Waals surface area contributed by atoms with Gasteiger partial charge in [-0.15, -0.1) is 0 Å². The van der Waals surface area contributed by atoms with Crippen molar-refractivity contribution >= 4 is 15.9 Å². The Labute approximate surface area is 109 Å². The van der Waals surface area contributed by atoms with Gasteiger partial charge in [-0.05, 0) is 24.6 Å². The van der Waals surface area contributed by atoms with Crippen molar-refractivity contribution in [3.8, 4) is 0 Å². The Morgan fingerprint density at radius 1 is 1.35 bits per heavy atom. The van der Waals surface area contributed by atoms with Crippen LogP contribution in [0.5, 0.6) is 0 Å². The zero-order valence-corrected chi connectivity index (χ0v) is 11.5. The van der Waals surface area contributed by atoms with Crippen molar-refractivity contribution in [2.24, 2.45) is 7.05 Å². The van der Waals surface area contributed by atoms with E-state index in [1.807, 2.05) is 19.2 Å². The van der Waals surface area contributed by atoms with Gasteiger partial charge in [0.25, 0.3) is 0 Å². The number of rotatable bonds is 4. The monoisotopic (exact) mass is 294 g/mol. The van der Waals surface area contributed by atoms with E-state index in [-0.39, 0.29) is 6.04 Å². The van der Waals surface area contributed by atoms with Gasteiger partial charge in [-0.1, -0.05) is 28.1 Å². The second kappa shape index (κ2) is 5.42. The van der Waals surface area contributed by atoms with E-state index in [2.05, 4.69) is 50.4 Å². The summed E-state index contributed by atoms with van der Waals surface area (Å²) >= 11 is 3.43. The zero-order chi connectivity index (χ0) is 12.3. The lowest BCUT2D eigenvalue weighted by atomic mass is 10.1. The van der Waals surface area contributed by atoms with Crippen LogP contribution in [0.25, 0.3) is 0 Å². The van der Waals surface area contributed by atoms with Crippen LogP contribution in [0.3, 0.4) is 0 Å². The van der Waals surface area contributed by atoms with E-state index < -0.39 is 0 Å². The minimum atomic E-state index is 0.284. The highest BCUT2D eigenvalue weighted by molar-refractivity contribution is 9.10. The Morgan fingerprint density at radius 2 is 2.06 bits per heavy atom. The molecule has 1 unspecified atom stereocenters. The molecule has 4 nitrogen and oxygen atoms in total. The lowest BCUT2D eigenvalue weighted by Crippen LogP contribution is -2.18. The number of hydrogen-bond donors (Lipinski definition) is 1. The Kier molecular flexibility index (Phi) is 3.91. The molecule has 0 radical (unpaired) electrons. The van der Waals surface area contributed by atoms with Gasteiger partial charge in [0.1, 0.15) is 6.33 Å². The summed E-state index contributed by atoms with van der Waals surface area (Å²) in [6.45, 7) is 2.81. The summed E-state index contributed by atoms with van der Waals surface area (Å²) in [5.41, 5.74) is 1.25. The third-order valence-corrected chi connectivity index (χ3v) is 3.11. The van der Waals surface area contributed by atoms with Crippen LogP contribution in [0, 0.1) is 0 Å². The number of aromatic nitrogens is 3. The van der Waals surface area contributed by atoms with Gasteiger partial charge in [0, 0.05) is 17.6 Å². The molecule has 0 saturated heterocycles. The number of nitrogens with zero attached hydrogens (tertiary/aromatic N) is 3. The van der Waals surface area contributed by atoms with Crippen molar-refractivity contribution in [1.82, 2.24) is 20.1 Å². The molecule has 0 bridgehead atoms. The van der Waals surface area contributed by atoms with Crippen molar-refractivity contribution < 1.29 is 0 Å². The predicted octanol–water partition coefficient (Wildman–Crippen LogP) is 2.43. The molecule has 1 N–H and O–H groups in total. The van der Waals surface area contributed by atoms with E-state index in [0.717, 1.165) is 10.3 Å². The van der Waals surface area contributed by atoms with Crippen molar-refractivity contribution in [3.63, 3.8) is 0 Å². The Bertz CT molecular complexity index is 478. The second-order valence-electron chi connectivity index (χ2n) is 3.99. The van der Waals surface area contributed by atoms with Gasteiger partial charge in [0.15, 0.2) is 5.82 Å². The zero-order valence-electron chi connectivity index (χ0n) is 9.89. The highest BCUT2D eigenvalue weighted by Gasteiger charge is 2.06. The summed E-state index contributed by atoms with van der Waals surface area (Å²) in [7, 11) is 1.87. The third-order valence-electron chi connectivity index (χ3n) is 2.58. The molecule has 5 heteroatoms. The standard InChI is InChI=1S/C12H15BrN4/c1-9(10-3-5-11(13)6-4-10)14-7-12-15-8-17(2)16-12/h3-6,8-9,14H,7H2,1-2H3. The first kappa shape index (κ1) is 12.3. The van der Waals surface area contributed by atoms with E-state index in [1.54, 1.807) is 11.0 Å². The summed E-state index contributed by atoms with van der Waals surface area (Å²) in [5.74, 6) is 0.816. The summed E-state index contributed by atoms with van der Waals surface area (Å²) in [6, 6.07) is 8.59. The second-order valence-corrected chi connectivity index (χ2v) is 4.90. The van der Waals surface area contributed by atoms with E-state index in [1.165, 1.54) is 5.56 Å². The maximum absolute atomic E-state index is 4.23. The molecule has 0 spiro atoms. The first-order chi connectivity index (χ1) is 8.15. The molecule has 0 saturated carbocycles. The topological polar surface area (TPSA) is 42.7 Å². The molecule has 1 aromatic heterocycles. The van der Waals surface area contributed by atoms with Crippen LogP contribution in [-0.2, 0) is 13.6 Å². The number of halogens is 1. The Hall–Kier alpha value is -1.20. The molecular weight excluding hydrogens is 280 g/mol. The highest BCUT2D eigenvalue weighted by Crippen LogP contribution is 2.16. The predicted molar refractivity (Wildman–Crippen MR) is 70.4 cm³/mol. The maximum atomic E-state index is 4.23. The first-order valence-corrected chi connectivity index (χ1v) is 6.28. The van der Waals surface area contributed by atoms with Gasteiger partial charge >= 0.3 is 0 Å². The van der Waals surface area contributed by atoms with E-state index >= 15 is 0 Å². The number of aryl methyl sites for hydroxylation is 1. The summed E-state index contributed by atoms with van der Waals surface area (Å²) < 4.78 is 2.81. The quantitative estimate of drug-likeness (QED) is 0.942. The molecule has 1 atom stereocenters. The fourth-order valence-electron chi connectivity index (χ4n) is 1.58. The molecule has 2 aromatic rings. The smallest absolute Gasteiger partial charge is 0.164 e. The number of nitrogens with one attached hydrogen (secondary N) is 1. The average Bonchev–Trinajstić information content (AvgIpc) is 2.73. The fraction of sp³-hybridized carbons (Fsp3) is 0.333. The van der Waals surface area contributed by atoms with Gasteiger partial charge in [-0.2, -0.15) is 5.10 Å². The van der Waals surface area contributed by atoms with Crippen molar-refractivity contribution in [2.75, 3.05) is 0 Å². The van der Waals surface area contributed by atoms with Crippen molar-refractivity contribution in [1.29, 1.82) is 0 Å². The van der Waals surface area contributed by atoms with Gasteiger partial charge < -0.3 is 5.32 Å². The molecular formula is C12H15BrN4. The lowest BCUT2D eigenvalue weighted by molar-refractivity contribution is 0.556. The van der Waals surface area contributed by atoms with Gasteiger partial charge in [0.05, 0.1) is 6.54 Å². The number of benzene rings is 1. The maximum Gasteiger partial charge on any atom is 0.164 e. The highest BCUT2D eigenvalue weighted by atomic mass is 79.9. The molecule has 17 heavy (non-hydrogen) atoms. The molecule has 0 aliphatic carbocycles. The van der Waals surface area contributed by atoms with Crippen LogP contribution in [-0.4, -0.2) is 14.8 Å². The Morgan fingerprint density at radius 3 is 2.65 bits per heavy atom. The van der Waals surface area contributed by atoms with Gasteiger partial charge in [0.2, 0.25) is 0 Å². The molecule has 1 heterocycles. The average molecular weight is 295 g/mol. The van der Waals surface area contributed by atoms with Crippen molar-refractivity contribution in [3.05, 3.63) is 46.5 Å². The lowest BCUT2D eigenvalue weighted by Gasteiger charge is -2.12. The fourth-order valence-corrected chi connectivity index (χ4v) is 1.84. The van der Waals surface area contributed by atoms with E-state index in [4.69, 9.17) is 0 Å². The van der Waals surface area contributed by atoms with Crippen LogP contribution in [0.4, 0.5) is 0 Å². The molecule has 0 amide bonds. The summed E-state index contributed by atoms with van der Waals surface area (Å²) in [6.07, 6.45) is 1.71. The largest absolute Gasteiger partial charge is 0.303 e. The third kappa shape index (κ3) is 3.38. The van der Waals surface area contributed by atoms with Gasteiger partial charge in [-0.25, -0.2) is 4.98 Å². The van der Waals surface area contributed by atoms with E-state index in [9.17, 15) is 0 Å². The Balaban J connectivity index is 1.93. The summed E-state index contributed by atoms with van der Waals surface area (Å²) in [4.78, 5) is 4.18. The van der Waals surface area contributed by atoms with Crippen LogP contribution in [0.1, 0.15) is 24.4 Å². The van der Waals surface area contributed by atoms with Gasteiger partial charge in [-0.3, -0.25) is 4.68 Å². The molecule has 0 aliphatic heterocycles. The van der Waals surface area contributed by atoms with Crippen LogP contribution >= 0.6 is 15.9 Å².